The molecule has 2 N–H and O–H groups in total. The molecule has 0 radical (unpaired) electrons. The summed E-state index contributed by atoms with van der Waals surface area (Å²) < 4.78 is 0. The molecule has 0 spiro atoms. The molecule has 0 unspecified atom stereocenters. The second kappa shape index (κ2) is 6.73. The number of nitrogens with one attached hydrogen (secondary N) is 2. The molecule has 3 aromatic heterocycles. The number of rotatable bonds is 5. The molecule has 0 fully saturated rings. The number of fused-ring (bicyclic) bond motifs is 1. The quantitative estimate of drug-likeness (QED) is 0.581. The molecule has 0 amide bonds. The van der Waals surface area contributed by atoms with Crippen molar-refractivity contribution in [3.05, 3.63) is 72.3 Å². The SMILES string of the molecule is Cc1[nH]c2ccccc2c1CCNc1nccc(-c2cccnc2)n1. The van der Waals surface area contributed by atoms with Crippen molar-refractivity contribution in [2.24, 2.45) is 0 Å². The Morgan fingerprint density at radius 3 is 2.84 bits per heavy atom. The van der Waals surface area contributed by atoms with Gasteiger partial charge in [-0.1, -0.05) is 18.2 Å². The lowest BCUT2D eigenvalue weighted by molar-refractivity contribution is 0.979. The van der Waals surface area contributed by atoms with Gasteiger partial charge in [-0.25, -0.2) is 9.97 Å². The Hall–Kier alpha value is -3.21. The van der Waals surface area contributed by atoms with Gasteiger partial charge in [0.25, 0.3) is 0 Å². The molecular formula is C20H19N5. The van der Waals surface area contributed by atoms with Crippen molar-refractivity contribution in [3.63, 3.8) is 0 Å². The maximum absolute atomic E-state index is 4.58. The van der Waals surface area contributed by atoms with Gasteiger partial charge in [0.1, 0.15) is 0 Å². The van der Waals surface area contributed by atoms with Crippen LogP contribution in [-0.4, -0.2) is 26.5 Å². The maximum Gasteiger partial charge on any atom is 0.223 e. The summed E-state index contributed by atoms with van der Waals surface area (Å²) in [6.07, 6.45) is 6.25. The highest BCUT2D eigenvalue weighted by molar-refractivity contribution is 5.84. The fourth-order valence-corrected chi connectivity index (χ4v) is 3.08. The van der Waals surface area contributed by atoms with Crippen LogP contribution < -0.4 is 5.32 Å². The predicted octanol–water partition coefficient (Wildman–Crippen LogP) is 3.98. The molecule has 1 aromatic carbocycles. The number of anilines is 1. The van der Waals surface area contributed by atoms with E-state index in [9.17, 15) is 0 Å². The zero-order chi connectivity index (χ0) is 17.1. The molecule has 3 heterocycles. The van der Waals surface area contributed by atoms with Crippen molar-refractivity contribution >= 4 is 16.9 Å². The Morgan fingerprint density at radius 1 is 1.04 bits per heavy atom. The second-order valence-corrected chi connectivity index (χ2v) is 5.96. The van der Waals surface area contributed by atoms with Gasteiger partial charge in [-0.3, -0.25) is 4.98 Å². The molecule has 4 rings (SSSR count). The first-order valence-corrected chi connectivity index (χ1v) is 8.35. The third kappa shape index (κ3) is 3.21. The Labute approximate surface area is 146 Å². The fraction of sp³-hybridized carbons (Fsp3) is 0.150. The van der Waals surface area contributed by atoms with Crippen LogP contribution in [0.5, 0.6) is 0 Å². The average molecular weight is 329 g/mol. The van der Waals surface area contributed by atoms with Gasteiger partial charge in [0, 0.05) is 47.3 Å². The van der Waals surface area contributed by atoms with Gasteiger partial charge in [0.05, 0.1) is 5.69 Å². The summed E-state index contributed by atoms with van der Waals surface area (Å²) in [5.41, 5.74) is 5.60. The van der Waals surface area contributed by atoms with E-state index in [4.69, 9.17) is 0 Å². The molecule has 124 valence electrons. The van der Waals surface area contributed by atoms with Crippen LogP contribution in [0.25, 0.3) is 22.2 Å². The van der Waals surface area contributed by atoms with Crippen molar-refractivity contribution in [2.45, 2.75) is 13.3 Å². The first-order valence-electron chi connectivity index (χ1n) is 8.35. The van der Waals surface area contributed by atoms with E-state index < -0.39 is 0 Å². The van der Waals surface area contributed by atoms with Crippen LogP contribution >= 0.6 is 0 Å². The lowest BCUT2D eigenvalue weighted by atomic mass is 10.1. The molecule has 0 aliphatic rings. The van der Waals surface area contributed by atoms with Gasteiger partial charge in [-0.15, -0.1) is 0 Å². The third-order valence-corrected chi connectivity index (χ3v) is 4.30. The molecule has 25 heavy (non-hydrogen) atoms. The van der Waals surface area contributed by atoms with Crippen LogP contribution in [0, 0.1) is 6.92 Å². The summed E-state index contributed by atoms with van der Waals surface area (Å²) in [6.45, 7) is 2.90. The van der Waals surface area contributed by atoms with Gasteiger partial charge in [0.15, 0.2) is 0 Å². The topological polar surface area (TPSA) is 66.5 Å². The van der Waals surface area contributed by atoms with Gasteiger partial charge in [-0.05, 0) is 43.2 Å². The second-order valence-electron chi connectivity index (χ2n) is 5.96. The number of aromatic nitrogens is 4. The molecule has 0 bridgehead atoms. The number of nitrogens with zero attached hydrogens (tertiary/aromatic N) is 3. The van der Waals surface area contributed by atoms with Crippen molar-refractivity contribution < 1.29 is 0 Å². The minimum atomic E-state index is 0.638. The summed E-state index contributed by atoms with van der Waals surface area (Å²) >= 11 is 0. The molecule has 5 nitrogen and oxygen atoms in total. The zero-order valence-electron chi connectivity index (χ0n) is 14.0. The van der Waals surface area contributed by atoms with E-state index in [1.807, 2.05) is 18.2 Å². The van der Waals surface area contributed by atoms with Gasteiger partial charge >= 0.3 is 0 Å². The highest BCUT2D eigenvalue weighted by Crippen LogP contribution is 2.22. The minimum absolute atomic E-state index is 0.638. The van der Waals surface area contributed by atoms with E-state index in [1.54, 1.807) is 18.6 Å². The Balaban J connectivity index is 1.48. The highest BCUT2D eigenvalue weighted by atomic mass is 15.1. The molecule has 0 aliphatic heterocycles. The van der Waals surface area contributed by atoms with E-state index in [1.165, 1.54) is 22.2 Å². The van der Waals surface area contributed by atoms with Crippen LogP contribution in [0.1, 0.15) is 11.3 Å². The number of aryl methyl sites for hydroxylation is 1. The smallest absolute Gasteiger partial charge is 0.223 e. The van der Waals surface area contributed by atoms with E-state index in [-0.39, 0.29) is 0 Å². The Morgan fingerprint density at radius 2 is 1.96 bits per heavy atom. The lowest BCUT2D eigenvalue weighted by Gasteiger charge is -2.07. The number of pyridine rings is 1. The van der Waals surface area contributed by atoms with E-state index in [0.717, 1.165) is 24.2 Å². The van der Waals surface area contributed by atoms with E-state index in [0.29, 0.717) is 5.95 Å². The third-order valence-electron chi connectivity index (χ3n) is 4.30. The van der Waals surface area contributed by atoms with Crippen LogP contribution in [0.2, 0.25) is 0 Å². The van der Waals surface area contributed by atoms with Crippen molar-refractivity contribution in [3.8, 4) is 11.3 Å². The van der Waals surface area contributed by atoms with Crippen molar-refractivity contribution in [2.75, 3.05) is 11.9 Å². The van der Waals surface area contributed by atoms with Gasteiger partial charge < -0.3 is 10.3 Å². The summed E-state index contributed by atoms with van der Waals surface area (Å²) in [5, 5.41) is 4.61. The van der Waals surface area contributed by atoms with Crippen LogP contribution in [0.15, 0.2) is 61.1 Å². The van der Waals surface area contributed by atoms with Crippen LogP contribution in [0.3, 0.4) is 0 Å². The van der Waals surface area contributed by atoms with E-state index in [2.05, 4.69) is 56.4 Å². The minimum Gasteiger partial charge on any atom is -0.358 e. The number of benzene rings is 1. The Kier molecular flexibility index (Phi) is 4.12. The molecule has 0 saturated carbocycles. The van der Waals surface area contributed by atoms with Crippen LogP contribution in [0.4, 0.5) is 5.95 Å². The highest BCUT2D eigenvalue weighted by Gasteiger charge is 2.08. The molecule has 4 aromatic rings. The first kappa shape index (κ1) is 15.3. The average Bonchev–Trinajstić information content (AvgIpc) is 2.98. The van der Waals surface area contributed by atoms with Crippen LogP contribution in [-0.2, 0) is 6.42 Å². The number of hydrogen-bond acceptors (Lipinski definition) is 4. The molecule has 0 atom stereocenters. The predicted molar refractivity (Wildman–Crippen MR) is 100 cm³/mol. The summed E-state index contributed by atoms with van der Waals surface area (Å²) in [5.74, 6) is 0.638. The largest absolute Gasteiger partial charge is 0.358 e. The fourth-order valence-electron chi connectivity index (χ4n) is 3.08. The van der Waals surface area contributed by atoms with E-state index >= 15 is 0 Å². The lowest BCUT2D eigenvalue weighted by Crippen LogP contribution is -2.08. The van der Waals surface area contributed by atoms with Gasteiger partial charge in [0.2, 0.25) is 5.95 Å². The maximum atomic E-state index is 4.58. The summed E-state index contributed by atoms with van der Waals surface area (Å²) in [6, 6.07) is 14.2. The number of aromatic amines is 1. The molecule has 5 heteroatoms. The Bertz CT molecular complexity index is 991. The monoisotopic (exact) mass is 329 g/mol. The summed E-state index contributed by atoms with van der Waals surface area (Å²) in [4.78, 5) is 16.5. The zero-order valence-corrected chi connectivity index (χ0v) is 14.0. The first-order chi connectivity index (χ1) is 12.3. The number of H-pyrrole nitrogens is 1. The van der Waals surface area contributed by atoms with Crippen molar-refractivity contribution in [1.82, 2.24) is 19.9 Å². The molecule has 0 aliphatic carbocycles. The van der Waals surface area contributed by atoms with Crippen molar-refractivity contribution in [1.29, 1.82) is 0 Å². The normalized spacial score (nSPS) is 10.9. The molecule has 0 saturated heterocycles. The van der Waals surface area contributed by atoms with Gasteiger partial charge in [-0.2, -0.15) is 0 Å². The standard InChI is InChI=1S/C20H19N5/c1-14-16(17-6-2-3-7-19(17)24-14)8-11-22-20-23-12-9-18(25-20)15-5-4-10-21-13-15/h2-7,9-10,12-13,24H,8,11H2,1H3,(H,22,23,25). The number of hydrogen-bond donors (Lipinski definition) is 2. The molecular weight excluding hydrogens is 310 g/mol. The number of para-hydroxylation sites is 1. The summed E-state index contributed by atoms with van der Waals surface area (Å²) in [7, 11) is 0.